The third-order valence-corrected chi connectivity index (χ3v) is 5.83. The molecule has 1 aromatic rings. The van der Waals surface area contributed by atoms with Crippen LogP contribution in [0.25, 0.3) is 0 Å². The third kappa shape index (κ3) is 6.49. The Morgan fingerprint density at radius 2 is 1.85 bits per heavy atom. The van der Waals surface area contributed by atoms with E-state index in [1.807, 2.05) is 12.1 Å². The van der Waals surface area contributed by atoms with Crippen LogP contribution in [0.3, 0.4) is 0 Å². The maximum Gasteiger partial charge on any atom is 0.182 e. The molecule has 0 unspecified atom stereocenters. The van der Waals surface area contributed by atoms with Gasteiger partial charge in [-0.25, -0.2) is 0 Å². The number of anilines is 1. The van der Waals surface area contributed by atoms with Gasteiger partial charge < -0.3 is 31.1 Å². The molecule has 0 aliphatic heterocycles. The van der Waals surface area contributed by atoms with Crippen molar-refractivity contribution < 1.29 is 25.2 Å². The van der Waals surface area contributed by atoms with Crippen LogP contribution in [0.5, 0.6) is 0 Å². The molecule has 0 spiro atoms. The molecule has 0 bridgehead atoms. The monoisotopic (exact) mass is 508 g/mol. The highest BCUT2D eigenvalue weighted by Gasteiger charge is 2.29. The van der Waals surface area contributed by atoms with Gasteiger partial charge in [0.2, 0.25) is 0 Å². The van der Waals surface area contributed by atoms with Gasteiger partial charge in [-0.2, -0.15) is 0 Å². The molecule has 1 aromatic carbocycles. The normalized spacial score (nSPS) is 18.3. The Balaban J connectivity index is 2.02. The summed E-state index contributed by atoms with van der Waals surface area (Å²) in [5.41, 5.74) is 1.68. The van der Waals surface area contributed by atoms with Crippen LogP contribution in [0, 0.1) is 0 Å². The molecule has 9 heteroatoms. The Kier molecular flexibility index (Phi) is 9.13. The van der Waals surface area contributed by atoms with Gasteiger partial charge in [0.15, 0.2) is 5.78 Å². The molecule has 1 aliphatic carbocycles. The van der Waals surface area contributed by atoms with E-state index >= 15 is 0 Å². The van der Waals surface area contributed by atoms with Crippen LogP contribution in [-0.4, -0.2) is 63.7 Å². The number of carbonyl (C=O) groups excluding carboxylic acids is 1. The first-order valence-electron chi connectivity index (χ1n) is 8.96. The van der Waals surface area contributed by atoms with Gasteiger partial charge in [0.05, 0.1) is 18.8 Å². The topological polar surface area (TPSA) is 122 Å². The summed E-state index contributed by atoms with van der Waals surface area (Å²) >= 11 is 6.96. The Labute approximate surface area is 175 Å². The van der Waals surface area contributed by atoms with Crippen molar-refractivity contribution in [1.82, 2.24) is 5.32 Å². The quantitative estimate of drug-likeness (QED) is 0.281. The van der Waals surface area contributed by atoms with Crippen LogP contribution in [0.1, 0.15) is 31.2 Å². The number of hydrogen-bond acceptors (Lipinski definition) is 7. The number of nitrogens with one attached hydrogen (secondary N) is 2. The van der Waals surface area contributed by atoms with Crippen molar-refractivity contribution in [1.29, 1.82) is 0 Å². The van der Waals surface area contributed by atoms with Gasteiger partial charge in [-0.05, 0) is 46.5 Å². The van der Waals surface area contributed by atoms with Crippen molar-refractivity contribution in [3.8, 4) is 0 Å². The van der Waals surface area contributed by atoms with Crippen LogP contribution in [0.2, 0.25) is 0 Å². The molecular weight excluding hydrogens is 484 g/mol. The van der Waals surface area contributed by atoms with E-state index < -0.39 is 30.7 Å². The van der Waals surface area contributed by atoms with Crippen LogP contribution in [-0.2, 0) is 11.3 Å². The van der Waals surface area contributed by atoms with Crippen molar-refractivity contribution >= 4 is 43.3 Å². The predicted octanol–water partition coefficient (Wildman–Crippen LogP) is 1.30. The lowest BCUT2D eigenvalue weighted by atomic mass is 10.0. The van der Waals surface area contributed by atoms with E-state index in [2.05, 4.69) is 42.5 Å². The van der Waals surface area contributed by atoms with E-state index in [9.17, 15) is 20.1 Å². The molecule has 152 valence electrons. The molecule has 6 N–H and O–H groups in total. The van der Waals surface area contributed by atoms with Gasteiger partial charge in [0.25, 0.3) is 0 Å². The Morgan fingerprint density at radius 1 is 1.19 bits per heavy atom. The van der Waals surface area contributed by atoms with Gasteiger partial charge in [-0.3, -0.25) is 4.79 Å². The highest BCUT2D eigenvalue weighted by molar-refractivity contribution is 9.11. The Hall–Kier alpha value is -0.550. The molecule has 1 fully saturated rings. The zero-order valence-corrected chi connectivity index (χ0v) is 18.0. The van der Waals surface area contributed by atoms with Crippen molar-refractivity contribution in [3.05, 3.63) is 26.6 Å². The van der Waals surface area contributed by atoms with Crippen LogP contribution in [0.4, 0.5) is 5.69 Å². The maximum atomic E-state index is 12.1. The number of ketones is 1. The Bertz CT molecular complexity index is 640. The molecule has 2 rings (SSSR count). The average Bonchev–Trinajstić information content (AvgIpc) is 3.16. The third-order valence-electron chi connectivity index (χ3n) is 4.75. The zero-order chi connectivity index (χ0) is 20.0. The number of carbonyl (C=O) groups is 1. The number of Topliss-reactive ketones (excluding diaryl/α,β-unsaturated/α-hetero) is 1. The maximum absolute atomic E-state index is 12.1. The number of aliphatic hydroxyl groups excluding tert-OH is 4. The summed E-state index contributed by atoms with van der Waals surface area (Å²) in [7, 11) is 0. The summed E-state index contributed by atoms with van der Waals surface area (Å²) in [6, 6.07) is 4.31. The molecule has 0 saturated heterocycles. The van der Waals surface area contributed by atoms with Gasteiger partial charge in [-0.1, -0.05) is 28.8 Å². The van der Waals surface area contributed by atoms with E-state index in [4.69, 9.17) is 5.11 Å². The molecule has 3 atom stereocenters. The summed E-state index contributed by atoms with van der Waals surface area (Å²) in [5.74, 6) is -0.681. The first kappa shape index (κ1) is 22.7. The molecule has 1 saturated carbocycles. The highest BCUT2D eigenvalue weighted by atomic mass is 79.9. The summed E-state index contributed by atoms with van der Waals surface area (Å²) in [6.07, 6.45) is -0.301. The minimum Gasteiger partial charge on any atom is -0.394 e. The fourth-order valence-corrected chi connectivity index (χ4v) is 4.59. The lowest BCUT2D eigenvalue weighted by Crippen LogP contribution is -2.45. The number of aliphatic hydroxyl groups is 4. The van der Waals surface area contributed by atoms with Gasteiger partial charge in [-0.15, -0.1) is 0 Å². The standard InChI is InChI=1S/C18H26Br2N2O5/c19-11-5-10(7-21-12-3-1-2-4-12)16(13(20)6-11)22-8-14(24)17(26)18(27)15(25)9-23/h5-6,12,15,17-18,21-23,25-27H,1-4,7-9H2/t15-,17-,18+/m1/s1. The molecule has 0 radical (unpaired) electrons. The molecule has 7 nitrogen and oxygen atoms in total. The van der Waals surface area contributed by atoms with Gasteiger partial charge >= 0.3 is 0 Å². The summed E-state index contributed by atoms with van der Waals surface area (Å²) in [5, 5.41) is 44.3. The minimum absolute atomic E-state index is 0.229. The number of benzene rings is 1. The van der Waals surface area contributed by atoms with Crippen LogP contribution < -0.4 is 10.6 Å². The summed E-state index contributed by atoms with van der Waals surface area (Å²) in [6.45, 7) is -0.338. The Morgan fingerprint density at radius 3 is 2.48 bits per heavy atom. The molecule has 0 heterocycles. The van der Waals surface area contributed by atoms with Crippen molar-refractivity contribution in [2.45, 2.75) is 56.6 Å². The van der Waals surface area contributed by atoms with Crippen LogP contribution >= 0.6 is 31.9 Å². The van der Waals surface area contributed by atoms with E-state index in [0.29, 0.717) is 12.6 Å². The molecule has 27 heavy (non-hydrogen) atoms. The van der Waals surface area contributed by atoms with E-state index in [1.54, 1.807) is 0 Å². The second-order valence-electron chi connectivity index (χ2n) is 6.79. The van der Waals surface area contributed by atoms with Crippen molar-refractivity contribution in [3.63, 3.8) is 0 Å². The zero-order valence-electron chi connectivity index (χ0n) is 14.9. The molecule has 0 aromatic heterocycles. The molecular formula is C18H26Br2N2O5. The van der Waals surface area contributed by atoms with E-state index in [1.165, 1.54) is 12.8 Å². The number of halogens is 2. The first-order valence-corrected chi connectivity index (χ1v) is 10.5. The lowest BCUT2D eigenvalue weighted by Gasteiger charge is -2.22. The van der Waals surface area contributed by atoms with Crippen LogP contribution in [0.15, 0.2) is 21.1 Å². The number of rotatable bonds is 10. The summed E-state index contributed by atoms with van der Waals surface area (Å²) in [4.78, 5) is 12.1. The molecule has 0 amide bonds. The smallest absolute Gasteiger partial charge is 0.182 e. The van der Waals surface area contributed by atoms with Crippen molar-refractivity contribution in [2.24, 2.45) is 0 Å². The summed E-state index contributed by atoms with van der Waals surface area (Å²) < 4.78 is 1.66. The SMILES string of the molecule is O=C(CNc1c(Br)cc(Br)cc1CNC1CCCC1)[C@@H](O)[C@@H](O)[C@H](O)CO. The van der Waals surface area contributed by atoms with Gasteiger partial charge in [0.1, 0.15) is 18.3 Å². The second kappa shape index (κ2) is 10.8. The molecule has 1 aliphatic rings. The largest absolute Gasteiger partial charge is 0.394 e. The van der Waals surface area contributed by atoms with Crippen molar-refractivity contribution in [2.75, 3.05) is 18.5 Å². The minimum atomic E-state index is -1.78. The first-order chi connectivity index (χ1) is 12.8. The second-order valence-corrected chi connectivity index (χ2v) is 8.56. The number of hydrogen-bond donors (Lipinski definition) is 6. The van der Waals surface area contributed by atoms with Gasteiger partial charge in [0, 0.05) is 21.5 Å². The highest BCUT2D eigenvalue weighted by Crippen LogP contribution is 2.31. The predicted molar refractivity (Wildman–Crippen MR) is 110 cm³/mol. The fraction of sp³-hybridized carbons (Fsp3) is 0.611. The average molecular weight is 510 g/mol. The fourth-order valence-electron chi connectivity index (χ4n) is 3.14. The lowest BCUT2D eigenvalue weighted by molar-refractivity contribution is -0.138. The van der Waals surface area contributed by atoms with E-state index in [-0.39, 0.29) is 6.54 Å². The van der Waals surface area contributed by atoms with E-state index in [0.717, 1.165) is 33.0 Å².